The van der Waals surface area contributed by atoms with E-state index in [4.69, 9.17) is 4.74 Å². The Bertz CT molecular complexity index is 574. The van der Waals surface area contributed by atoms with Gasteiger partial charge in [0.15, 0.2) is 0 Å². The van der Waals surface area contributed by atoms with Gasteiger partial charge < -0.3 is 10.1 Å². The van der Waals surface area contributed by atoms with Crippen molar-refractivity contribution in [1.29, 1.82) is 0 Å². The van der Waals surface area contributed by atoms with E-state index in [0.29, 0.717) is 12.1 Å². The van der Waals surface area contributed by atoms with E-state index in [9.17, 15) is 4.79 Å². The largest absolute Gasteiger partial charge is 0.497 e. The van der Waals surface area contributed by atoms with E-state index in [1.54, 1.807) is 31.4 Å². The smallest absolute Gasteiger partial charge is 0.251 e. The van der Waals surface area contributed by atoms with Crippen LogP contribution in [0.2, 0.25) is 0 Å². The average molecular weight is 267 g/mol. The first kappa shape index (κ1) is 13.9. The quantitative estimate of drug-likeness (QED) is 0.903. The number of benzene rings is 2. The molecule has 20 heavy (non-hydrogen) atoms. The molecular weight excluding hydrogens is 250 g/mol. The van der Waals surface area contributed by atoms with Gasteiger partial charge in [0.05, 0.1) is 7.11 Å². The van der Waals surface area contributed by atoms with Crippen LogP contribution in [0.15, 0.2) is 60.7 Å². The first-order valence-corrected chi connectivity index (χ1v) is 6.43. The zero-order valence-corrected chi connectivity index (χ0v) is 11.4. The summed E-state index contributed by atoms with van der Waals surface area (Å²) in [5.74, 6) is 0.649. The molecule has 0 aliphatic heterocycles. The fourth-order valence-electron chi connectivity index (χ4n) is 1.76. The normalized spacial score (nSPS) is 10.4. The molecule has 0 unspecified atom stereocenters. The van der Waals surface area contributed by atoms with Gasteiger partial charge in [-0.15, -0.1) is 0 Å². The standard InChI is InChI=1S/C17H17NO2/c1-20-16-11-9-15(10-12-16)17(19)18-13-5-8-14-6-3-2-4-7-14/h2-12H,13H2,1H3,(H,18,19)/b8-5+. The van der Waals surface area contributed by atoms with Crippen LogP contribution >= 0.6 is 0 Å². The van der Waals surface area contributed by atoms with Gasteiger partial charge >= 0.3 is 0 Å². The Morgan fingerprint density at radius 1 is 1.10 bits per heavy atom. The van der Waals surface area contributed by atoms with Crippen LogP contribution in [0.1, 0.15) is 15.9 Å². The lowest BCUT2D eigenvalue weighted by atomic mass is 10.2. The molecule has 0 spiro atoms. The van der Waals surface area contributed by atoms with Crippen molar-refractivity contribution in [1.82, 2.24) is 5.32 Å². The molecular formula is C17H17NO2. The molecule has 0 aromatic heterocycles. The summed E-state index contributed by atoms with van der Waals surface area (Å²) in [5, 5.41) is 2.84. The number of methoxy groups -OCH3 is 1. The second kappa shape index (κ2) is 7.14. The third-order valence-corrected chi connectivity index (χ3v) is 2.84. The van der Waals surface area contributed by atoms with Gasteiger partial charge in [-0.3, -0.25) is 4.79 Å². The first-order valence-electron chi connectivity index (χ1n) is 6.43. The van der Waals surface area contributed by atoms with E-state index in [0.717, 1.165) is 11.3 Å². The monoisotopic (exact) mass is 267 g/mol. The third kappa shape index (κ3) is 3.99. The van der Waals surface area contributed by atoms with Crippen molar-refractivity contribution in [3.63, 3.8) is 0 Å². The minimum atomic E-state index is -0.0923. The zero-order valence-electron chi connectivity index (χ0n) is 11.4. The summed E-state index contributed by atoms with van der Waals surface area (Å²) in [5.41, 5.74) is 1.74. The number of nitrogens with one attached hydrogen (secondary N) is 1. The predicted molar refractivity (Wildman–Crippen MR) is 80.8 cm³/mol. The Morgan fingerprint density at radius 3 is 2.45 bits per heavy atom. The number of hydrogen-bond acceptors (Lipinski definition) is 2. The van der Waals surface area contributed by atoms with Crippen LogP contribution in [0.5, 0.6) is 5.75 Å². The van der Waals surface area contributed by atoms with Crippen molar-refractivity contribution in [2.24, 2.45) is 0 Å². The van der Waals surface area contributed by atoms with Crippen LogP contribution in [-0.2, 0) is 0 Å². The summed E-state index contributed by atoms with van der Waals surface area (Å²) in [4.78, 5) is 11.9. The SMILES string of the molecule is COc1ccc(C(=O)NC/C=C/c2ccccc2)cc1. The number of carbonyl (C=O) groups excluding carboxylic acids is 1. The number of amides is 1. The fourth-order valence-corrected chi connectivity index (χ4v) is 1.76. The summed E-state index contributed by atoms with van der Waals surface area (Å²) >= 11 is 0. The van der Waals surface area contributed by atoms with Gasteiger partial charge in [0, 0.05) is 12.1 Å². The molecule has 102 valence electrons. The van der Waals surface area contributed by atoms with Gasteiger partial charge in [0.2, 0.25) is 0 Å². The summed E-state index contributed by atoms with van der Waals surface area (Å²) < 4.78 is 5.05. The molecule has 0 radical (unpaired) electrons. The van der Waals surface area contributed by atoms with Gasteiger partial charge in [0.1, 0.15) is 5.75 Å². The maximum absolute atomic E-state index is 11.9. The molecule has 1 N–H and O–H groups in total. The predicted octanol–water partition coefficient (Wildman–Crippen LogP) is 3.14. The van der Waals surface area contributed by atoms with Crippen LogP contribution in [0, 0.1) is 0 Å². The van der Waals surface area contributed by atoms with E-state index in [2.05, 4.69) is 5.32 Å². The van der Waals surface area contributed by atoms with Gasteiger partial charge in [-0.25, -0.2) is 0 Å². The van der Waals surface area contributed by atoms with Crippen LogP contribution in [0.4, 0.5) is 0 Å². The summed E-state index contributed by atoms with van der Waals surface area (Å²) in [6.45, 7) is 0.500. The molecule has 0 heterocycles. The van der Waals surface area contributed by atoms with Gasteiger partial charge in [0.25, 0.3) is 5.91 Å². The minimum Gasteiger partial charge on any atom is -0.497 e. The maximum atomic E-state index is 11.9. The highest BCUT2D eigenvalue weighted by atomic mass is 16.5. The third-order valence-electron chi connectivity index (χ3n) is 2.84. The van der Waals surface area contributed by atoms with Crippen molar-refractivity contribution in [3.8, 4) is 5.75 Å². The van der Waals surface area contributed by atoms with Crippen molar-refractivity contribution in [3.05, 3.63) is 71.8 Å². The van der Waals surface area contributed by atoms with Crippen molar-refractivity contribution in [2.45, 2.75) is 0 Å². The lowest BCUT2D eigenvalue weighted by Gasteiger charge is -2.03. The molecule has 0 aliphatic carbocycles. The second-order valence-corrected chi connectivity index (χ2v) is 4.25. The van der Waals surface area contributed by atoms with Crippen molar-refractivity contribution in [2.75, 3.05) is 13.7 Å². The molecule has 0 bridgehead atoms. The molecule has 0 saturated carbocycles. The van der Waals surface area contributed by atoms with E-state index in [-0.39, 0.29) is 5.91 Å². The van der Waals surface area contributed by atoms with Crippen molar-refractivity contribution < 1.29 is 9.53 Å². The van der Waals surface area contributed by atoms with E-state index in [1.807, 2.05) is 42.5 Å². The zero-order chi connectivity index (χ0) is 14.2. The first-order chi connectivity index (χ1) is 9.79. The molecule has 0 aliphatic rings. The number of carbonyl (C=O) groups is 1. The van der Waals surface area contributed by atoms with Crippen LogP contribution in [0.25, 0.3) is 6.08 Å². The lowest BCUT2D eigenvalue weighted by molar-refractivity contribution is 0.0958. The van der Waals surface area contributed by atoms with Crippen molar-refractivity contribution >= 4 is 12.0 Å². The fraction of sp³-hybridized carbons (Fsp3) is 0.118. The average Bonchev–Trinajstić information content (AvgIpc) is 2.52. The van der Waals surface area contributed by atoms with Crippen LogP contribution in [-0.4, -0.2) is 19.6 Å². The Balaban J connectivity index is 1.84. The van der Waals surface area contributed by atoms with E-state index >= 15 is 0 Å². The summed E-state index contributed by atoms with van der Waals surface area (Å²) in [6, 6.07) is 17.0. The second-order valence-electron chi connectivity index (χ2n) is 4.25. The molecule has 2 aromatic carbocycles. The molecule has 1 amide bonds. The molecule has 3 heteroatoms. The summed E-state index contributed by atoms with van der Waals surface area (Å²) in [6.07, 6.45) is 3.91. The topological polar surface area (TPSA) is 38.3 Å². The van der Waals surface area contributed by atoms with Crippen LogP contribution < -0.4 is 10.1 Å². The summed E-state index contributed by atoms with van der Waals surface area (Å²) in [7, 11) is 1.60. The number of ether oxygens (including phenoxy) is 1. The Labute approximate surface area is 118 Å². The Kier molecular flexibility index (Phi) is 4.95. The Morgan fingerprint density at radius 2 is 1.80 bits per heavy atom. The molecule has 2 rings (SSSR count). The molecule has 0 saturated heterocycles. The van der Waals surface area contributed by atoms with Gasteiger partial charge in [-0.05, 0) is 29.8 Å². The Hall–Kier alpha value is -2.55. The van der Waals surface area contributed by atoms with E-state index < -0.39 is 0 Å². The minimum absolute atomic E-state index is 0.0923. The maximum Gasteiger partial charge on any atom is 0.251 e. The lowest BCUT2D eigenvalue weighted by Crippen LogP contribution is -2.23. The highest BCUT2D eigenvalue weighted by Gasteiger charge is 2.03. The molecule has 2 aromatic rings. The van der Waals surface area contributed by atoms with Crippen LogP contribution in [0.3, 0.4) is 0 Å². The van der Waals surface area contributed by atoms with Gasteiger partial charge in [-0.2, -0.15) is 0 Å². The highest BCUT2D eigenvalue weighted by molar-refractivity contribution is 5.94. The number of rotatable bonds is 5. The van der Waals surface area contributed by atoms with E-state index in [1.165, 1.54) is 0 Å². The molecule has 0 atom stereocenters. The highest BCUT2D eigenvalue weighted by Crippen LogP contribution is 2.10. The molecule has 0 fully saturated rings. The number of hydrogen-bond donors (Lipinski definition) is 1. The molecule has 3 nitrogen and oxygen atoms in total. The van der Waals surface area contributed by atoms with Gasteiger partial charge in [-0.1, -0.05) is 42.5 Å².